The molecule has 0 amide bonds. The highest BCUT2D eigenvalue weighted by Crippen LogP contribution is 2.33. The number of aliphatic hydroxyl groups excluding tert-OH is 3. The zero-order valence-electron chi connectivity index (χ0n) is 10.1. The van der Waals surface area contributed by atoms with E-state index in [1.807, 2.05) is 22.6 Å². The largest absolute Gasteiger partial charge is 0.394 e. The number of hydrogen-bond acceptors (Lipinski definition) is 8. The molecule has 0 radical (unpaired) electrons. The van der Waals surface area contributed by atoms with Crippen LogP contribution in [-0.2, 0) is 4.74 Å². The Bertz CT molecular complexity index is 650. The van der Waals surface area contributed by atoms with Gasteiger partial charge >= 0.3 is 0 Å². The maximum absolute atomic E-state index is 10.0. The minimum atomic E-state index is -1.22. The van der Waals surface area contributed by atoms with Crippen LogP contribution in [0.5, 0.6) is 0 Å². The van der Waals surface area contributed by atoms with Crippen LogP contribution < -0.4 is 5.73 Å². The number of anilines is 1. The molecule has 0 bridgehead atoms. The van der Waals surface area contributed by atoms with Gasteiger partial charge in [0, 0.05) is 0 Å². The lowest BCUT2D eigenvalue weighted by Gasteiger charge is -2.15. The minimum absolute atomic E-state index is 0.275. The first-order valence-electron chi connectivity index (χ1n) is 5.81. The zero-order chi connectivity index (χ0) is 14.4. The highest BCUT2D eigenvalue weighted by molar-refractivity contribution is 14.1. The first-order chi connectivity index (χ1) is 9.54. The number of hydrogen-bond donors (Lipinski definition) is 4. The van der Waals surface area contributed by atoms with Crippen LogP contribution in [0.2, 0.25) is 0 Å². The van der Waals surface area contributed by atoms with E-state index < -0.39 is 31.1 Å². The standard InChI is InChI=1S/C10H12IN5O4/c11-7-4-8(12)13-2-14-9(4)16(15-7)10-6(19)5(18)3(1-17)20-10/h2-3,5-6,10,17-19H,1H2,(H2,12,13,14)/t3-,5+,6+,10-/m1/s1. The zero-order valence-corrected chi connectivity index (χ0v) is 12.2. The number of fused-ring (bicyclic) bond motifs is 1. The van der Waals surface area contributed by atoms with Crippen molar-refractivity contribution >= 4 is 39.4 Å². The topological polar surface area (TPSA) is 140 Å². The molecular weight excluding hydrogens is 381 g/mol. The van der Waals surface area contributed by atoms with E-state index in [4.69, 9.17) is 15.6 Å². The molecule has 4 atom stereocenters. The fourth-order valence-electron chi connectivity index (χ4n) is 2.21. The summed E-state index contributed by atoms with van der Waals surface area (Å²) in [5.41, 5.74) is 6.18. The van der Waals surface area contributed by atoms with Gasteiger partial charge in [0.05, 0.1) is 12.0 Å². The van der Waals surface area contributed by atoms with Crippen LogP contribution in [0.15, 0.2) is 6.33 Å². The molecule has 1 fully saturated rings. The smallest absolute Gasteiger partial charge is 0.181 e. The van der Waals surface area contributed by atoms with Gasteiger partial charge in [-0.3, -0.25) is 0 Å². The van der Waals surface area contributed by atoms with Gasteiger partial charge in [-0.25, -0.2) is 14.6 Å². The summed E-state index contributed by atoms with van der Waals surface area (Å²) < 4.78 is 7.34. The molecule has 10 heteroatoms. The summed E-state index contributed by atoms with van der Waals surface area (Å²) in [5, 5.41) is 33.7. The summed E-state index contributed by atoms with van der Waals surface area (Å²) in [5.74, 6) is 0.275. The van der Waals surface area contributed by atoms with Crippen molar-refractivity contribution in [2.24, 2.45) is 0 Å². The molecule has 1 saturated heterocycles. The highest BCUT2D eigenvalue weighted by Gasteiger charge is 2.44. The second-order valence-electron chi connectivity index (χ2n) is 4.42. The lowest BCUT2D eigenvalue weighted by Crippen LogP contribution is -2.33. The Balaban J connectivity index is 2.10. The lowest BCUT2D eigenvalue weighted by molar-refractivity contribution is -0.0568. The predicted molar refractivity (Wildman–Crippen MR) is 75.5 cm³/mol. The molecule has 1 aliphatic heterocycles. The normalized spacial score (nSPS) is 30.2. The van der Waals surface area contributed by atoms with E-state index in [1.54, 1.807) is 0 Å². The average Bonchev–Trinajstić information content (AvgIpc) is 2.90. The van der Waals surface area contributed by atoms with Gasteiger partial charge in [-0.2, -0.15) is 5.10 Å². The molecule has 0 aliphatic carbocycles. The third kappa shape index (κ3) is 1.95. The number of nitrogen functional groups attached to an aromatic ring is 1. The summed E-state index contributed by atoms with van der Waals surface area (Å²) in [4.78, 5) is 7.98. The molecule has 3 heterocycles. The van der Waals surface area contributed by atoms with Crippen molar-refractivity contribution < 1.29 is 20.1 Å². The van der Waals surface area contributed by atoms with Crippen molar-refractivity contribution in [2.45, 2.75) is 24.5 Å². The van der Waals surface area contributed by atoms with Gasteiger partial charge in [-0.15, -0.1) is 0 Å². The number of aromatic nitrogens is 4. The number of nitrogens with zero attached hydrogens (tertiary/aromatic N) is 4. The minimum Gasteiger partial charge on any atom is -0.394 e. The quantitative estimate of drug-likeness (QED) is 0.458. The van der Waals surface area contributed by atoms with E-state index in [0.717, 1.165) is 0 Å². The highest BCUT2D eigenvalue weighted by atomic mass is 127. The van der Waals surface area contributed by atoms with Crippen molar-refractivity contribution in [2.75, 3.05) is 12.3 Å². The summed E-state index contributed by atoms with van der Waals surface area (Å²) in [7, 11) is 0. The molecule has 108 valence electrons. The molecule has 0 spiro atoms. The Kier molecular flexibility index (Phi) is 3.50. The molecule has 0 aromatic carbocycles. The van der Waals surface area contributed by atoms with Gasteiger partial charge in [0.25, 0.3) is 0 Å². The van der Waals surface area contributed by atoms with E-state index in [9.17, 15) is 10.2 Å². The Morgan fingerprint density at radius 3 is 2.75 bits per heavy atom. The number of ether oxygens (including phenoxy) is 1. The van der Waals surface area contributed by atoms with Crippen molar-refractivity contribution in [1.82, 2.24) is 19.7 Å². The fraction of sp³-hybridized carbons (Fsp3) is 0.500. The molecule has 20 heavy (non-hydrogen) atoms. The SMILES string of the molecule is Nc1ncnc2c1c(I)nn2[C@@H]1O[C@H](CO)[C@H](O)[C@@H]1O. The first-order valence-corrected chi connectivity index (χ1v) is 6.89. The average molecular weight is 393 g/mol. The van der Waals surface area contributed by atoms with E-state index >= 15 is 0 Å². The van der Waals surface area contributed by atoms with Crippen LogP contribution in [0.4, 0.5) is 5.82 Å². The number of halogens is 1. The van der Waals surface area contributed by atoms with E-state index in [0.29, 0.717) is 14.7 Å². The number of nitrogens with two attached hydrogens (primary N) is 1. The molecule has 9 nitrogen and oxygen atoms in total. The second-order valence-corrected chi connectivity index (χ2v) is 5.44. The van der Waals surface area contributed by atoms with Crippen LogP contribution in [-0.4, -0.2) is 60.0 Å². The van der Waals surface area contributed by atoms with Gasteiger partial charge in [-0.1, -0.05) is 0 Å². The summed E-state index contributed by atoms with van der Waals surface area (Å²) in [6.07, 6.45) is -2.94. The van der Waals surface area contributed by atoms with Gasteiger partial charge in [0.15, 0.2) is 11.9 Å². The van der Waals surface area contributed by atoms with Crippen LogP contribution in [0.1, 0.15) is 6.23 Å². The van der Waals surface area contributed by atoms with Crippen LogP contribution in [0.3, 0.4) is 0 Å². The molecule has 1 aliphatic rings. The van der Waals surface area contributed by atoms with Crippen LogP contribution >= 0.6 is 22.6 Å². The van der Waals surface area contributed by atoms with Crippen LogP contribution in [0.25, 0.3) is 11.0 Å². The molecular formula is C10H12IN5O4. The molecule has 3 rings (SSSR count). The first kappa shape index (κ1) is 13.9. The maximum Gasteiger partial charge on any atom is 0.181 e. The molecule has 2 aromatic heterocycles. The second kappa shape index (κ2) is 5.04. The Morgan fingerprint density at radius 2 is 2.10 bits per heavy atom. The van der Waals surface area contributed by atoms with Crippen molar-refractivity contribution in [3.63, 3.8) is 0 Å². The summed E-state index contributed by atoms with van der Waals surface area (Å²) >= 11 is 1.98. The third-order valence-corrected chi connectivity index (χ3v) is 3.99. The van der Waals surface area contributed by atoms with Crippen molar-refractivity contribution in [3.8, 4) is 0 Å². The van der Waals surface area contributed by atoms with E-state index in [2.05, 4.69) is 15.1 Å². The fourth-order valence-corrected chi connectivity index (χ4v) is 2.96. The Labute approximate surface area is 126 Å². The predicted octanol–water partition coefficient (Wildman–Crippen LogP) is -1.38. The van der Waals surface area contributed by atoms with Gasteiger partial charge in [0.1, 0.15) is 34.2 Å². The summed E-state index contributed by atoms with van der Waals surface area (Å²) in [6.45, 7) is -0.401. The molecule has 0 saturated carbocycles. The van der Waals surface area contributed by atoms with Crippen molar-refractivity contribution in [3.05, 3.63) is 10.0 Å². The molecule has 5 N–H and O–H groups in total. The van der Waals surface area contributed by atoms with Gasteiger partial charge in [-0.05, 0) is 22.6 Å². The monoisotopic (exact) mass is 393 g/mol. The van der Waals surface area contributed by atoms with E-state index in [-0.39, 0.29) is 5.82 Å². The Morgan fingerprint density at radius 1 is 1.35 bits per heavy atom. The lowest BCUT2D eigenvalue weighted by atomic mass is 10.1. The molecule has 2 aromatic rings. The number of rotatable bonds is 2. The summed E-state index contributed by atoms with van der Waals surface area (Å²) in [6, 6.07) is 0. The third-order valence-electron chi connectivity index (χ3n) is 3.23. The van der Waals surface area contributed by atoms with Crippen molar-refractivity contribution in [1.29, 1.82) is 0 Å². The Hall–Kier alpha value is -1.08. The number of aliphatic hydroxyl groups is 3. The van der Waals surface area contributed by atoms with E-state index in [1.165, 1.54) is 11.0 Å². The molecule has 0 unspecified atom stereocenters. The maximum atomic E-state index is 10.0. The van der Waals surface area contributed by atoms with Gasteiger partial charge in [0.2, 0.25) is 0 Å². The van der Waals surface area contributed by atoms with Crippen LogP contribution in [0, 0.1) is 3.70 Å². The van der Waals surface area contributed by atoms with Gasteiger partial charge < -0.3 is 25.8 Å².